The summed E-state index contributed by atoms with van der Waals surface area (Å²) in [5, 5.41) is 3.11. The molecule has 0 radical (unpaired) electrons. The molecule has 1 aromatic heterocycles. The van der Waals surface area contributed by atoms with Gasteiger partial charge in [0.05, 0.1) is 23.3 Å². The fraction of sp³-hybridized carbons (Fsp3) is 0.308. The van der Waals surface area contributed by atoms with Crippen LogP contribution in [-0.4, -0.2) is 23.5 Å². The molecule has 1 aliphatic rings. The molecule has 0 spiro atoms. The Bertz CT molecular complexity index is 1260. The Hall–Kier alpha value is -3.60. The lowest BCUT2D eigenvalue weighted by molar-refractivity contribution is -0.141. The van der Waals surface area contributed by atoms with Crippen molar-refractivity contribution >= 4 is 11.6 Å². The van der Waals surface area contributed by atoms with E-state index in [0.717, 1.165) is 6.07 Å². The molecule has 0 unspecified atom stereocenters. The molecule has 4 rings (SSSR count). The van der Waals surface area contributed by atoms with Crippen LogP contribution in [0.4, 0.5) is 32.0 Å². The average Bonchev–Trinajstić information content (AvgIpc) is 3.14. The highest BCUT2D eigenvalue weighted by Gasteiger charge is 2.44. The molecule has 1 saturated heterocycles. The number of ether oxygens (including phenoxy) is 1. The molecule has 196 valence electrons. The van der Waals surface area contributed by atoms with Crippen molar-refractivity contribution in [3.63, 3.8) is 0 Å². The first-order valence-corrected chi connectivity index (χ1v) is 11.3. The summed E-state index contributed by atoms with van der Waals surface area (Å²) in [6.45, 7) is 0.206. The number of rotatable bonds is 7. The largest absolute Gasteiger partial charge is 0.435 e. The van der Waals surface area contributed by atoms with Gasteiger partial charge in [-0.05, 0) is 74.4 Å². The lowest BCUT2D eigenvalue weighted by atomic mass is 9.96. The number of pyridine rings is 1. The van der Waals surface area contributed by atoms with Crippen LogP contribution < -0.4 is 15.0 Å². The van der Waals surface area contributed by atoms with E-state index in [-0.39, 0.29) is 17.9 Å². The van der Waals surface area contributed by atoms with E-state index in [1.807, 2.05) is 0 Å². The monoisotopic (exact) mass is 523 g/mol. The fourth-order valence-corrected chi connectivity index (χ4v) is 4.42. The number of amides is 1. The maximum absolute atomic E-state index is 14.0. The minimum absolute atomic E-state index is 0.0874. The molecular formula is C26H23F6N3O2. The van der Waals surface area contributed by atoms with Crippen molar-refractivity contribution in [2.24, 2.45) is 0 Å². The Morgan fingerprint density at radius 1 is 1.00 bits per heavy atom. The van der Waals surface area contributed by atoms with E-state index in [1.165, 1.54) is 59.5 Å². The van der Waals surface area contributed by atoms with Crippen molar-refractivity contribution in [1.29, 1.82) is 0 Å². The number of nitrogens with one attached hydrogen (secondary N) is 1. The summed E-state index contributed by atoms with van der Waals surface area (Å²) in [5.41, 5.74) is -1.24. The van der Waals surface area contributed by atoms with Gasteiger partial charge in [-0.1, -0.05) is 18.2 Å². The second kappa shape index (κ2) is 10.0. The second-order valence-corrected chi connectivity index (χ2v) is 9.11. The molecule has 0 aliphatic carbocycles. The van der Waals surface area contributed by atoms with Gasteiger partial charge in [0.1, 0.15) is 17.3 Å². The molecule has 0 saturated carbocycles. The molecule has 2 atom stereocenters. The van der Waals surface area contributed by atoms with E-state index in [0.29, 0.717) is 11.3 Å². The molecular weight excluding hydrogens is 500 g/mol. The zero-order valence-corrected chi connectivity index (χ0v) is 19.8. The molecule has 1 N–H and O–H groups in total. The van der Waals surface area contributed by atoms with Gasteiger partial charge in [0.25, 0.3) is 0 Å². The number of hydrogen-bond donors (Lipinski definition) is 1. The van der Waals surface area contributed by atoms with E-state index in [4.69, 9.17) is 0 Å². The maximum Gasteiger partial charge on any atom is 0.433 e. The first-order chi connectivity index (χ1) is 17.3. The van der Waals surface area contributed by atoms with Gasteiger partial charge < -0.3 is 9.64 Å². The number of nitrogens with zero attached hydrogens (tertiary/aromatic N) is 2. The van der Waals surface area contributed by atoms with Crippen LogP contribution in [0.3, 0.4) is 0 Å². The minimum atomic E-state index is -4.63. The first kappa shape index (κ1) is 26.5. The van der Waals surface area contributed by atoms with Gasteiger partial charge in [0.2, 0.25) is 5.91 Å². The fourth-order valence-electron chi connectivity index (χ4n) is 4.42. The summed E-state index contributed by atoms with van der Waals surface area (Å²) in [5.74, 6) is -1.02. The third-order valence-corrected chi connectivity index (χ3v) is 6.09. The highest BCUT2D eigenvalue weighted by Crippen LogP contribution is 2.39. The minimum Gasteiger partial charge on any atom is -0.435 e. The number of carbonyl (C=O) groups excluding carboxylic acids is 1. The molecule has 1 fully saturated rings. The number of hydrogen-bond acceptors (Lipinski definition) is 4. The molecule has 37 heavy (non-hydrogen) atoms. The van der Waals surface area contributed by atoms with Crippen molar-refractivity contribution in [1.82, 2.24) is 10.3 Å². The Morgan fingerprint density at radius 3 is 2.27 bits per heavy atom. The smallest absolute Gasteiger partial charge is 0.433 e. The summed E-state index contributed by atoms with van der Waals surface area (Å²) < 4.78 is 83.1. The van der Waals surface area contributed by atoms with Crippen molar-refractivity contribution in [2.75, 3.05) is 4.90 Å². The SMILES string of the molecule is CC(C)(N[C@@H]1C[C@H](c2cccc(F)c2)N(c2ccc(OC(F)F)cc2)C1=O)c1cccc(C(F)(F)F)n1. The third kappa shape index (κ3) is 5.87. The predicted octanol–water partition coefficient (Wildman–Crippen LogP) is 6.21. The van der Waals surface area contributed by atoms with E-state index in [2.05, 4.69) is 15.0 Å². The topological polar surface area (TPSA) is 54.5 Å². The van der Waals surface area contributed by atoms with Gasteiger partial charge in [-0.25, -0.2) is 9.37 Å². The van der Waals surface area contributed by atoms with E-state index in [9.17, 15) is 31.1 Å². The molecule has 11 heteroatoms. The Balaban J connectivity index is 1.66. The third-order valence-electron chi connectivity index (χ3n) is 6.09. The van der Waals surface area contributed by atoms with Crippen LogP contribution in [0.1, 0.15) is 43.3 Å². The zero-order valence-electron chi connectivity index (χ0n) is 19.8. The summed E-state index contributed by atoms with van der Waals surface area (Å²) >= 11 is 0. The average molecular weight is 523 g/mol. The van der Waals surface area contributed by atoms with Crippen molar-refractivity contribution < 1.29 is 35.9 Å². The Labute approximate surface area is 209 Å². The highest BCUT2D eigenvalue weighted by atomic mass is 19.4. The van der Waals surface area contributed by atoms with Gasteiger partial charge in [0, 0.05) is 5.69 Å². The highest BCUT2D eigenvalue weighted by molar-refractivity contribution is 6.00. The van der Waals surface area contributed by atoms with Gasteiger partial charge in [-0.2, -0.15) is 22.0 Å². The van der Waals surface area contributed by atoms with Gasteiger partial charge in [-0.3, -0.25) is 10.1 Å². The van der Waals surface area contributed by atoms with Gasteiger partial charge in [0.15, 0.2) is 0 Å². The molecule has 1 aliphatic heterocycles. The van der Waals surface area contributed by atoms with E-state index >= 15 is 0 Å². The Morgan fingerprint density at radius 2 is 1.65 bits per heavy atom. The van der Waals surface area contributed by atoms with Crippen LogP contribution in [-0.2, 0) is 16.5 Å². The number of carbonyl (C=O) groups is 1. The molecule has 2 aromatic carbocycles. The first-order valence-electron chi connectivity index (χ1n) is 11.3. The van der Waals surface area contributed by atoms with Crippen LogP contribution in [0.25, 0.3) is 0 Å². The molecule has 1 amide bonds. The molecule has 3 aromatic rings. The van der Waals surface area contributed by atoms with Gasteiger partial charge >= 0.3 is 12.8 Å². The second-order valence-electron chi connectivity index (χ2n) is 9.11. The van der Waals surface area contributed by atoms with Crippen LogP contribution in [0.5, 0.6) is 5.75 Å². The molecule has 5 nitrogen and oxygen atoms in total. The zero-order chi connectivity index (χ0) is 27.0. The van der Waals surface area contributed by atoms with Crippen molar-refractivity contribution in [3.8, 4) is 5.75 Å². The quantitative estimate of drug-likeness (QED) is 0.374. The number of aromatic nitrogens is 1. The van der Waals surface area contributed by atoms with Crippen molar-refractivity contribution in [3.05, 3.63) is 89.5 Å². The number of anilines is 1. The lowest BCUT2D eigenvalue weighted by Crippen LogP contribution is -2.48. The van der Waals surface area contributed by atoms with Crippen LogP contribution in [0, 0.1) is 5.82 Å². The van der Waals surface area contributed by atoms with E-state index < -0.39 is 47.8 Å². The summed E-state index contributed by atoms with van der Waals surface area (Å²) in [7, 11) is 0. The number of halogens is 6. The lowest BCUT2D eigenvalue weighted by Gasteiger charge is -2.29. The summed E-state index contributed by atoms with van der Waals surface area (Å²) in [4.78, 5) is 18.7. The van der Waals surface area contributed by atoms with Crippen LogP contribution in [0.2, 0.25) is 0 Å². The number of alkyl halides is 5. The summed E-state index contributed by atoms with van der Waals surface area (Å²) in [6, 6.07) is 13.2. The van der Waals surface area contributed by atoms with E-state index in [1.54, 1.807) is 19.9 Å². The molecule has 2 heterocycles. The normalized spacial score (nSPS) is 18.5. The summed E-state index contributed by atoms with van der Waals surface area (Å²) in [6.07, 6.45) is -4.46. The standard InChI is InChI=1S/C26H23F6N3O2/c1-25(2,21-7-4-8-22(33-21)26(30,31)32)34-19-14-20(15-5-3-6-16(27)13-15)35(23(19)36)17-9-11-18(12-10-17)37-24(28)29/h3-13,19-20,24,34H,14H2,1-2H3/t19-,20-/m1/s1. The predicted molar refractivity (Wildman–Crippen MR) is 124 cm³/mol. The Kier molecular flexibility index (Phi) is 7.18. The van der Waals surface area contributed by atoms with Crippen LogP contribution >= 0.6 is 0 Å². The number of benzene rings is 2. The van der Waals surface area contributed by atoms with Crippen LogP contribution in [0.15, 0.2) is 66.7 Å². The van der Waals surface area contributed by atoms with Crippen molar-refractivity contribution in [2.45, 2.75) is 50.7 Å². The van der Waals surface area contributed by atoms with Gasteiger partial charge in [-0.15, -0.1) is 0 Å². The molecule has 0 bridgehead atoms. The maximum atomic E-state index is 14.0.